The smallest absolute Gasteiger partial charge is 0.417 e. The Morgan fingerprint density at radius 2 is 1.68 bits per heavy atom. The summed E-state index contributed by atoms with van der Waals surface area (Å²) in [6, 6.07) is 10.5. The molecule has 0 unspecified atom stereocenters. The minimum Gasteiger partial charge on any atom is -0.492 e. The number of halogens is 4. The van der Waals surface area contributed by atoms with E-state index in [-0.39, 0.29) is 13.2 Å². The zero-order valence-electron chi connectivity index (χ0n) is 13.1. The molecule has 0 aliphatic rings. The molecule has 0 atom stereocenters. The van der Waals surface area contributed by atoms with Gasteiger partial charge in [0.05, 0.1) is 10.5 Å². The first-order chi connectivity index (χ1) is 11.6. The SMILES string of the molecule is CN(CCOc1ccc(Cl)cc1)S(=O)(=O)c1ccccc1C(F)(F)F. The lowest BCUT2D eigenvalue weighted by Crippen LogP contribution is -2.32. The van der Waals surface area contributed by atoms with E-state index >= 15 is 0 Å². The maximum absolute atomic E-state index is 13.0. The van der Waals surface area contributed by atoms with Crippen LogP contribution in [0, 0.1) is 0 Å². The van der Waals surface area contributed by atoms with E-state index in [0.717, 1.165) is 22.5 Å². The molecule has 2 rings (SSSR count). The lowest BCUT2D eigenvalue weighted by atomic mass is 10.2. The third kappa shape index (κ3) is 4.87. The molecule has 0 spiro atoms. The van der Waals surface area contributed by atoms with E-state index in [0.29, 0.717) is 10.8 Å². The molecule has 0 aliphatic heterocycles. The molecule has 0 bridgehead atoms. The fourth-order valence-corrected chi connectivity index (χ4v) is 3.53. The van der Waals surface area contributed by atoms with Gasteiger partial charge < -0.3 is 4.74 Å². The first-order valence-corrected chi connectivity index (χ1v) is 8.95. The number of hydrogen-bond acceptors (Lipinski definition) is 3. The van der Waals surface area contributed by atoms with Crippen LogP contribution in [0.3, 0.4) is 0 Å². The molecule has 25 heavy (non-hydrogen) atoms. The monoisotopic (exact) mass is 393 g/mol. The molecule has 9 heteroatoms. The second-order valence-corrected chi connectivity index (χ2v) is 7.57. The summed E-state index contributed by atoms with van der Waals surface area (Å²) in [5.41, 5.74) is -1.19. The van der Waals surface area contributed by atoms with Crippen LogP contribution in [0.15, 0.2) is 53.4 Å². The number of nitrogens with zero attached hydrogens (tertiary/aromatic N) is 1. The molecule has 4 nitrogen and oxygen atoms in total. The van der Waals surface area contributed by atoms with Gasteiger partial charge >= 0.3 is 6.18 Å². The average molecular weight is 394 g/mol. The Balaban J connectivity index is 2.10. The van der Waals surface area contributed by atoms with Crippen LogP contribution in [0.1, 0.15) is 5.56 Å². The molecule has 0 N–H and O–H groups in total. The predicted octanol–water partition coefficient (Wildman–Crippen LogP) is 4.06. The van der Waals surface area contributed by atoms with E-state index < -0.39 is 26.7 Å². The van der Waals surface area contributed by atoms with Crippen molar-refractivity contribution >= 4 is 21.6 Å². The Morgan fingerprint density at radius 3 is 2.28 bits per heavy atom. The minimum absolute atomic E-state index is 0.0223. The maximum atomic E-state index is 13.0. The lowest BCUT2D eigenvalue weighted by molar-refractivity contribution is -0.139. The zero-order chi connectivity index (χ0) is 18.7. The van der Waals surface area contributed by atoms with E-state index in [1.807, 2.05) is 0 Å². The Labute approximate surface area is 148 Å². The van der Waals surface area contributed by atoms with Crippen LogP contribution >= 0.6 is 11.6 Å². The number of ether oxygens (including phenoxy) is 1. The van der Waals surface area contributed by atoms with Crippen molar-refractivity contribution in [2.45, 2.75) is 11.1 Å². The van der Waals surface area contributed by atoms with Crippen molar-refractivity contribution in [1.82, 2.24) is 4.31 Å². The predicted molar refractivity (Wildman–Crippen MR) is 88.2 cm³/mol. The molecule has 0 heterocycles. The van der Waals surface area contributed by atoms with Gasteiger partial charge in [-0.2, -0.15) is 17.5 Å². The highest BCUT2D eigenvalue weighted by molar-refractivity contribution is 7.89. The van der Waals surface area contributed by atoms with Crippen LogP contribution < -0.4 is 4.74 Å². The first-order valence-electron chi connectivity index (χ1n) is 7.13. The van der Waals surface area contributed by atoms with Crippen LogP contribution in [0.2, 0.25) is 5.02 Å². The van der Waals surface area contributed by atoms with Gasteiger partial charge in [-0.25, -0.2) is 8.42 Å². The molecular formula is C16H15ClF3NO3S. The van der Waals surface area contributed by atoms with Crippen LogP contribution in [-0.4, -0.2) is 32.9 Å². The standard InChI is InChI=1S/C16H15ClF3NO3S/c1-21(10-11-24-13-8-6-12(17)7-9-13)25(22,23)15-5-3-2-4-14(15)16(18,19)20/h2-9H,10-11H2,1H3. The van der Waals surface area contributed by atoms with Crippen molar-refractivity contribution < 1.29 is 26.3 Å². The normalized spacial score (nSPS) is 12.4. The van der Waals surface area contributed by atoms with E-state index in [1.54, 1.807) is 24.3 Å². The van der Waals surface area contributed by atoms with E-state index in [2.05, 4.69) is 0 Å². The van der Waals surface area contributed by atoms with Gasteiger partial charge in [0.1, 0.15) is 12.4 Å². The Kier molecular flexibility index (Phi) is 5.97. The van der Waals surface area contributed by atoms with Gasteiger partial charge in [0.2, 0.25) is 10.0 Å². The summed E-state index contributed by atoms with van der Waals surface area (Å²) in [5, 5.41) is 0.524. The molecule has 0 saturated carbocycles. The fourth-order valence-electron chi connectivity index (χ4n) is 2.04. The lowest BCUT2D eigenvalue weighted by Gasteiger charge is -2.20. The van der Waals surface area contributed by atoms with Crippen molar-refractivity contribution in [3.05, 3.63) is 59.1 Å². The van der Waals surface area contributed by atoms with Crippen LogP contribution in [0.25, 0.3) is 0 Å². The van der Waals surface area contributed by atoms with Gasteiger partial charge in [0, 0.05) is 18.6 Å². The van der Waals surface area contributed by atoms with Crippen molar-refractivity contribution in [3.8, 4) is 5.75 Å². The van der Waals surface area contributed by atoms with E-state index in [9.17, 15) is 21.6 Å². The molecule has 2 aromatic rings. The number of alkyl halides is 3. The largest absolute Gasteiger partial charge is 0.492 e. The Hall–Kier alpha value is -1.77. The highest BCUT2D eigenvalue weighted by atomic mass is 35.5. The summed E-state index contributed by atoms with van der Waals surface area (Å²) in [7, 11) is -3.10. The Bertz CT molecular complexity index is 823. The summed E-state index contributed by atoms with van der Waals surface area (Å²) in [6.45, 7) is -0.136. The molecule has 0 aliphatic carbocycles. The zero-order valence-corrected chi connectivity index (χ0v) is 14.7. The molecule has 0 saturated heterocycles. The molecule has 2 aromatic carbocycles. The highest BCUT2D eigenvalue weighted by Gasteiger charge is 2.37. The highest BCUT2D eigenvalue weighted by Crippen LogP contribution is 2.34. The average Bonchev–Trinajstić information content (AvgIpc) is 2.55. The molecule has 0 amide bonds. The van der Waals surface area contributed by atoms with Gasteiger partial charge in [0.25, 0.3) is 0 Å². The van der Waals surface area contributed by atoms with Crippen molar-refractivity contribution in [1.29, 1.82) is 0 Å². The van der Waals surface area contributed by atoms with Gasteiger partial charge in [-0.15, -0.1) is 0 Å². The summed E-state index contributed by atoms with van der Waals surface area (Å²) in [5.74, 6) is 0.478. The van der Waals surface area contributed by atoms with Gasteiger partial charge in [0.15, 0.2) is 0 Å². The summed E-state index contributed by atoms with van der Waals surface area (Å²) >= 11 is 5.74. The number of benzene rings is 2. The Morgan fingerprint density at radius 1 is 1.08 bits per heavy atom. The quantitative estimate of drug-likeness (QED) is 0.743. The second kappa shape index (κ2) is 7.63. The summed E-state index contributed by atoms with van der Waals surface area (Å²) < 4.78 is 70.2. The van der Waals surface area contributed by atoms with Crippen molar-refractivity contribution in [3.63, 3.8) is 0 Å². The molecule has 0 radical (unpaired) electrons. The molecule has 136 valence electrons. The number of sulfonamides is 1. The first kappa shape index (κ1) is 19.6. The topological polar surface area (TPSA) is 46.6 Å². The maximum Gasteiger partial charge on any atom is 0.417 e. The van der Waals surface area contributed by atoms with Gasteiger partial charge in [-0.05, 0) is 36.4 Å². The second-order valence-electron chi connectivity index (χ2n) is 5.12. The van der Waals surface area contributed by atoms with Crippen molar-refractivity contribution in [2.75, 3.05) is 20.2 Å². The van der Waals surface area contributed by atoms with Crippen LogP contribution in [0.4, 0.5) is 13.2 Å². The van der Waals surface area contributed by atoms with Gasteiger partial charge in [-0.3, -0.25) is 0 Å². The van der Waals surface area contributed by atoms with Gasteiger partial charge in [-0.1, -0.05) is 23.7 Å². The summed E-state index contributed by atoms with van der Waals surface area (Å²) in [6.07, 6.45) is -4.76. The third-order valence-corrected chi connectivity index (χ3v) is 5.54. The fraction of sp³-hybridized carbons (Fsp3) is 0.250. The molecule has 0 aromatic heterocycles. The molecule has 0 fully saturated rings. The van der Waals surface area contributed by atoms with Crippen LogP contribution in [0.5, 0.6) is 5.75 Å². The van der Waals surface area contributed by atoms with E-state index in [4.69, 9.17) is 16.3 Å². The number of likely N-dealkylation sites (N-methyl/N-ethyl adjacent to an activating group) is 1. The summed E-state index contributed by atoms with van der Waals surface area (Å²) in [4.78, 5) is -0.781. The molecular weight excluding hydrogens is 379 g/mol. The van der Waals surface area contributed by atoms with Crippen LogP contribution in [-0.2, 0) is 16.2 Å². The minimum atomic E-state index is -4.76. The number of rotatable bonds is 6. The third-order valence-electron chi connectivity index (χ3n) is 3.37. The van der Waals surface area contributed by atoms with E-state index in [1.165, 1.54) is 13.1 Å². The van der Waals surface area contributed by atoms with Crippen molar-refractivity contribution in [2.24, 2.45) is 0 Å². The number of hydrogen-bond donors (Lipinski definition) is 0.